The third kappa shape index (κ3) is 1.63. The predicted molar refractivity (Wildman–Crippen MR) is 68.2 cm³/mol. The molecule has 0 unspecified atom stereocenters. The Morgan fingerprint density at radius 3 is 1.93 bits per heavy atom. The minimum atomic E-state index is 1.19. The molecule has 0 aliphatic heterocycles. The number of hydrogen-bond acceptors (Lipinski definition) is 0. The second-order valence-electron chi connectivity index (χ2n) is 3.81. The number of hydrogen-bond donors (Lipinski definition) is 0. The van der Waals surface area contributed by atoms with Crippen LogP contribution in [0.4, 0.5) is 0 Å². The zero-order chi connectivity index (χ0) is 10.3. The normalized spacial score (nSPS) is 11.0. The molecule has 0 saturated carbocycles. The van der Waals surface area contributed by atoms with E-state index in [2.05, 4.69) is 54.6 Å². The first-order valence-corrected chi connectivity index (χ1v) is 6.66. The molecule has 0 nitrogen and oxygen atoms in total. The molecule has 3 aromatic carbocycles. The third-order valence-electron chi connectivity index (χ3n) is 2.73. The van der Waals surface area contributed by atoms with Crippen molar-refractivity contribution in [3.05, 3.63) is 54.6 Å². The van der Waals surface area contributed by atoms with Crippen LogP contribution in [0.25, 0.3) is 21.5 Å². The van der Waals surface area contributed by atoms with E-state index in [1.165, 1.54) is 47.6 Å². The van der Waals surface area contributed by atoms with Crippen LogP contribution < -0.4 is 3.58 Å². The van der Waals surface area contributed by atoms with Crippen molar-refractivity contribution in [1.29, 1.82) is 0 Å². The van der Waals surface area contributed by atoms with Gasteiger partial charge in [0.15, 0.2) is 0 Å². The Bertz CT molecular complexity index is 641. The number of benzene rings is 3. The summed E-state index contributed by atoms with van der Waals surface area (Å²) >= 11 is 1.19. The van der Waals surface area contributed by atoms with Crippen LogP contribution in [-0.2, 0) is 0 Å². The van der Waals surface area contributed by atoms with E-state index in [-0.39, 0.29) is 0 Å². The summed E-state index contributed by atoms with van der Waals surface area (Å²) in [6, 6.07) is 19.8. The van der Waals surface area contributed by atoms with E-state index in [1.807, 2.05) is 0 Å². The van der Waals surface area contributed by atoms with Crippen molar-refractivity contribution >= 4 is 47.6 Å². The molecule has 0 aliphatic rings. The summed E-state index contributed by atoms with van der Waals surface area (Å²) in [5.41, 5.74) is 0. The molecule has 0 fully saturated rings. The molecule has 0 N–H and O–H groups in total. The Balaban J connectivity index is 2.47. The maximum atomic E-state index is 2.30. The van der Waals surface area contributed by atoms with Gasteiger partial charge in [-0.3, -0.25) is 0 Å². The molecule has 0 aromatic heterocycles. The first-order valence-electron chi connectivity index (χ1n) is 5.01. The van der Waals surface area contributed by atoms with E-state index in [1.54, 1.807) is 0 Å². The Labute approximate surface area is 102 Å². The molecule has 3 aromatic rings. The molecule has 3 rings (SSSR count). The fraction of sp³-hybridized carbons (Fsp3) is 0. The molecule has 15 heavy (non-hydrogen) atoms. The zero-order valence-electron chi connectivity index (χ0n) is 8.27. The summed E-state index contributed by atoms with van der Waals surface area (Å²) in [5.74, 6) is 0. The average molecular weight is 297 g/mol. The summed E-state index contributed by atoms with van der Waals surface area (Å²) < 4.78 is 1.45. The van der Waals surface area contributed by atoms with E-state index < -0.39 is 0 Å². The summed E-state index contributed by atoms with van der Waals surface area (Å²) in [6.07, 6.45) is 0. The Morgan fingerprint density at radius 2 is 1.20 bits per heavy atom. The van der Waals surface area contributed by atoms with Crippen LogP contribution >= 0.6 is 0 Å². The first kappa shape index (κ1) is 9.22. The first-order chi connectivity index (χ1) is 7.33. The van der Waals surface area contributed by atoms with Crippen molar-refractivity contribution < 1.29 is 0 Å². The van der Waals surface area contributed by atoms with Crippen molar-refractivity contribution in [2.75, 3.05) is 0 Å². The standard InChI is InChI=1S/C14H9.Sn.H/c1-2-6-12-10-14-8-4-3-7-13(14)9-11(12)5-1;;/h1-3,5-10H;;. The SMILES string of the molecule is [SnH][c]1ccc2cc3ccccc3cc2c1. The summed E-state index contributed by atoms with van der Waals surface area (Å²) in [5, 5.41) is 5.35. The van der Waals surface area contributed by atoms with Gasteiger partial charge in [-0.05, 0) is 0 Å². The molecule has 0 bridgehead atoms. The predicted octanol–water partition coefficient (Wildman–Crippen LogP) is 2.52. The molecular weight excluding hydrogens is 287 g/mol. The van der Waals surface area contributed by atoms with E-state index in [4.69, 9.17) is 0 Å². The van der Waals surface area contributed by atoms with Crippen molar-refractivity contribution in [3.63, 3.8) is 0 Å². The quantitative estimate of drug-likeness (QED) is 0.442. The molecule has 0 atom stereocenters. The Morgan fingerprint density at radius 1 is 0.600 bits per heavy atom. The zero-order valence-corrected chi connectivity index (χ0v) is 11.6. The Kier molecular flexibility index (Phi) is 2.17. The number of rotatable bonds is 0. The van der Waals surface area contributed by atoms with Gasteiger partial charge >= 0.3 is 102 Å². The number of fused-ring (bicyclic) bond motifs is 2. The molecule has 70 valence electrons. The third-order valence-corrected chi connectivity index (χ3v) is 3.75. The van der Waals surface area contributed by atoms with Gasteiger partial charge in [0.1, 0.15) is 0 Å². The van der Waals surface area contributed by atoms with E-state index in [0.717, 1.165) is 0 Å². The monoisotopic (exact) mass is 298 g/mol. The van der Waals surface area contributed by atoms with Crippen LogP contribution in [-0.4, -0.2) is 22.5 Å². The van der Waals surface area contributed by atoms with Crippen molar-refractivity contribution in [2.45, 2.75) is 0 Å². The molecular formula is C14H10Sn. The minimum absolute atomic E-state index is 1.19. The van der Waals surface area contributed by atoms with Gasteiger partial charge in [0.2, 0.25) is 0 Å². The fourth-order valence-electron chi connectivity index (χ4n) is 1.96. The molecule has 0 spiro atoms. The van der Waals surface area contributed by atoms with Gasteiger partial charge in [-0.1, -0.05) is 0 Å². The van der Waals surface area contributed by atoms with Gasteiger partial charge in [0, 0.05) is 0 Å². The molecule has 0 saturated heterocycles. The summed E-state index contributed by atoms with van der Waals surface area (Å²) in [6.45, 7) is 0. The van der Waals surface area contributed by atoms with Crippen LogP contribution in [0.5, 0.6) is 0 Å². The van der Waals surface area contributed by atoms with Gasteiger partial charge in [0.05, 0.1) is 0 Å². The van der Waals surface area contributed by atoms with Crippen LogP contribution in [0.1, 0.15) is 0 Å². The van der Waals surface area contributed by atoms with E-state index in [0.29, 0.717) is 0 Å². The molecule has 0 amide bonds. The van der Waals surface area contributed by atoms with Crippen LogP contribution in [0, 0.1) is 0 Å². The molecule has 0 aliphatic carbocycles. The summed E-state index contributed by atoms with van der Waals surface area (Å²) in [4.78, 5) is 0. The molecule has 0 heterocycles. The van der Waals surface area contributed by atoms with E-state index in [9.17, 15) is 0 Å². The molecule has 1 heteroatoms. The topological polar surface area (TPSA) is 0 Å². The van der Waals surface area contributed by atoms with Crippen molar-refractivity contribution in [1.82, 2.24) is 0 Å². The second-order valence-corrected chi connectivity index (χ2v) is 5.71. The van der Waals surface area contributed by atoms with Gasteiger partial charge < -0.3 is 0 Å². The van der Waals surface area contributed by atoms with Gasteiger partial charge in [-0.15, -0.1) is 0 Å². The molecule has 2 radical (unpaired) electrons. The maximum absolute atomic E-state index is 2.30. The second kappa shape index (κ2) is 3.53. The van der Waals surface area contributed by atoms with Crippen LogP contribution in [0.3, 0.4) is 0 Å². The fourth-order valence-corrected chi connectivity index (χ4v) is 2.75. The van der Waals surface area contributed by atoms with Gasteiger partial charge in [-0.2, -0.15) is 0 Å². The Hall–Kier alpha value is -1.02. The van der Waals surface area contributed by atoms with Gasteiger partial charge in [0.25, 0.3) is 0 Å². The van der Waals surface area contributed by atoms with Crippen molar-refractivity contribution in [3.8, 4) is 0 Å². The average Bonchev–Trinajstić information content (AvgIpc) is 2.26. The van der Waals surface area contributed by atoms with Gasteiger partial charge in [-0.25, -0.2) is 0 Å². The van der Waals surface area contributed by atoms with Crippen molar-refractivity contribution in [2.24, 2.45) is 0 Å². The summed E-state index contributed by atoms with van der Waals surface area (Å²) in [7, 11) is 0. The van der Waals surface area contributed by atoms with Crippen LogP contribution in [0.15, 0.2) is 54.6 Å². The van der Waals surface area contributed by atoms with E-state index >= 15 is 0 Å². The van der Waals surface area contributed by atoms with Crippen LogP contribution in [0.2, 0.25) is 0 Å².